The standard InChI is InChI=1S/C20H26N4O4/c25-17-5-4-16(18(26)23-17)24-10-14-3-2-13(8-15(14)19(24)27)9-22-12-20(28)6-1-7-21-11-20/h2-3,8,16,21-22,28H,1,4-7,9-12H2,(H,23,25,26). The van der Waals surface area contributed by atoms with E-state index in [0.29, 0.717) is 38.2 Å². The third-order valence-corrected chi connectivity index (χ3v) is 5.83. The molecule has 0 spiro atoms. The van der Waals surface area contributed by atoms with Gasteiger partial charge in [0.15, 0.2) is 0 Å². The largest absolute Gasteiger partial charge is 0.387 e. The molecule has 4 rings (SSSR count). The van der Waals surface area contributed by atoms with Gasteiger partial charge >= 0.3 is 0 Å². The van der Waals surface area contributed by atoms with Crippen LogP contribution >= 0.6 is 0 Å². The molecule has 0 aromatic heterocycles. The van der Waals surface area contributed by atoms with E-state index >= 15 is 0 Å². The van der Waals surface area contributed by atoms with Crippen LogP contribution in [0.5, 0.6) is 0 Å². The highest BCUT2D eigenvalue weighted by Crippen LogP contribution is 2.28. The lowest BCUT2D eigenvalue weighted by Crippen LogP contribution is -2.52. The number of carbonyl (C=O) groups excluding carboxylic acids is 3. The average molecular weight is 386 g/mol. The molecular formula is C20H26N4O4. The van der Waals surface area contributed by atoms with Gasteiger partial charge in [-0.2, -0.15) is 0 Å². The lowest BCUT2D eigenvalue weighted by Gasteiger charge is -2.32. The number of β-amino-alcohol motifs (C(OH)–C–C–N with tert-alkyl or cyclic N) is 1. The van der Waals surface area contributed by atoms with E-state index in [1.807, 2.05) is 18.2 Å². The van der Waals surface area contributed by atoms with Crippen molar-refractivity contribution in [3.05, 3.63) is 34.9 Å². The number of aliphatic hydroxyl groups is 1. The van der Waals surface area contributed by atoms with Crippen molar-refractivity contribution in [2.24, 2.45) is 0 Å². The molecule has 3 aliphatic rings. The Balaban J connectivity index is 1.39. The van der Waals surface area contributed by atoms with Gasteiger partial charge in [0.1, 0.15) is 6.04 Å². The SMILES string of the molecule is O=C1CCC(N2Cc3ccc(CNCC4(O)CCCNC4)cc3C2=O)C(=O)N1. The summed E-state index contributed by atoms with van der Waals surface area (Å²) in [4.78, 5) is 37.9. The molecule has 2 fully saturated rings. The maximum absolute atomic E-state index is 12.8. The lowest BCUT2D eigenvalue weighted by molar-refractivity contribution is -0.136. The van der Waals surface area contributed by atoms with Crippen molar-refractivity contribution in [1.29, 1.82) is 0 Å². The predicted molar refractivity (Wildman–Crippen MR) is 101 cm³/mol. The predicted octanol–water partition coefficient (Wildman–Crippen LogP) is -0.348. The summed E-state index contributed by atoms with van der Waals surface area (Å²) in [6, 6.07) is 5.16. The minimum absolute atomic E-state index is 0.165. The van der Waals surface area contributed by atoms with E-state index in [0.717, 1.165) is 30.5 Å². The zero-order chi connectivity index (χ0) is 19.7. The van der Waals surface area contributed by atoms with E-state index in [4.69, 9.17) is 0 Å². The van der Waals surface area contributed by atoms with Gasteiger partial charge in [-0.15, -0.1) is 0 Å². The van der Waals surface area contributed by atoms with Gasteiger partial charge in [-0.1, -0.05) is 12.1 Å². The van der Waals surface area contributed by atoms with Crippen molar-refractivity contribution in [3.63, 3.8) is 0 Å². The first-order valence-electron chi connectivity index (χ1n) is 9.85. The first kappa shape index (κ1) is 19.0. The molecular weight excluding hydrogens is 360 g/mol. The summed E-state index contributed by atoms with van der Waals surface area (Å²) < 4.78 is 0. The molecule has 0 bridgehead atoms. The molecule has 3 heterocycles. The van der Waals surface area contributed by atoms with E-state index in [1.165, 1.54) is 0 Å². The van der Waals surface area contributed by atoms with Crippen molar-refractivity contribution >= 4 is 17.7 Å². The van der Waals surface area contributed by atoms with Gasteiger partial charge in [0, 0.05) is 38.2 Å². The quantitative estimate of drug-likeness (QED) is 0.515. The molecule has 28 heavy (non-hydrogen) atoms. The second kappa shape index (κ2) is 7.62. The average Bonchev–Trinajstić information content (AvgIpc) is 2.98. The Morgan fingerprint density at radius 2 is 2.14 bits per heavy atom. The van der Waals surface area contributed by atoms with Crippen molar-refractivity contribution in [1.82, 2.24) is 20.9 Å². The van der Waals surface area contributed by atoms with Crippen molar-refractivity contribution < 1.29 is 19.5 Å². The highest BCUT2D eigenvalue weighted by molar-refractivity contribution is 6.05. The minimum atomic E-state index is -0.729. The van der Waals surface area contributed by atoms with Gasteiger partial charge in [0.05, 0.1) is 5.60 Å². The fraction of sp³-hybridized carbons (Fsp3) is 0.550. The number of hydrogen-bond donors (Lipinski definition) is 4. The highest BCUT2D eigenvalue weighted by Gasteiger charge is 2.39. The Hall–Kier alpha value is -2.29. The van der Waals surface area contributed by atoms with Crippen LogP contribution in [0.4, 0.5) is 0 Å². The number of imide groups is 1. The van der Waals surface area contributed by atoms with Crippen LogP contribution < -0.4 is 16.0 Å². The molecule has 150 valence electrons. The normalized spacial score (nSPS) is 27.7. The van der Waals surface area contributed by atoms with E-state index in [2.05, 4.69) is 16.0 Å². The molecule has 2 atom stereocenters. The zero-order valence-electron chi connectivity index (χ0n) is 15.8. The lowest BCUT2D eigenvalue weighted by atomic mass is 9.94. The summed E-state index contributed by atoms with van der Waals surface area (Å²) in [6.07, 6.45) is 2.35. The minimum Gasteiger partial charge on any atom is -0.387 e. The second-order valence-corrected chi connectivity index (χ2v) is 8.00. The van der Waals surface area contributed by atoms with Crippen LogP contribution in [-0.2, 0) is 22.7 Å². The Morgan fingerprint density at radius 3 is 2.89 bits per heavy atom. The van der Waals surface area contributed by atoms with Crippen LogP contribution in [0.3, 0.4) is 0 Å². The summed E-state index contributed by atoms with van der Waals surface area (Å²) in [5.74, 6) is -0.844. The molecule has 1 aromatic rings. The summed E-state index contributed by atoms with van der Waals surface area (Å²) in [5.41, 5.74) is 1.74. The molecule has 2 unspecified atom stereocenters. The van der Waals surface area contributed by atoms with Gasteiger partial charge in [0.25, 0.3) is 5.91 Å². The number of fused-ring (bicyclic) bond motifs is 1. The number of carbonyl (C=O) groups is 3. The van der Waals surface area contributed by atoms with Gasteiger partial charge in [-0.25, -0.2) is 0 Å². The number of piperidine rings is 2. The van der Waals surface area contributed by atoms with Crippen molar-refractivity contribution in [2.45, 2.75) is 50.4 Å². The number of hydrogen-bond acceptors (Lipinski definition) is 6. The molecule has 0 radical (unpaired) electrons. The van der Waals surface area contributed by atoms with Crippen LogP contribution in [-0.4, -0.2) is 59.0 Å². The monoisotopic (exact) mass is 386 g/mol. The fourth-order valence-electron chi connectivity index (χ4n) is 4.25. The van der Waals surface area contributed by atoms with E-state index < -0.39 is 17.6 Å². The smallest absolute Gasteiger partial charge is 0.255 e. The molecule has 3 amide bonds. The molecule has 0 aliphatic carbocycles. The molecule has 0 saturated carbocycles. The summed E-state index contributed by atoms with van der Waals surface area (Å²) >= 11 is 0. The zero-order valence-corrected chi connectivity index (χ0v) is 15.8. The van der Waals surface area contributed by atoms with E-state index in [9.17, 15) is 19.5 Å². The van der Waals surface area contributed by atoms with E-state index in [1.54, 1.807) is 4.90 Å². The molecule has 3 aliphatic heterocycles. The maximum atomic E-state index is 12.8. The number of nitrogens with zero attached hydrogens (tertiary/aromatic N) is 1. The molecule has 8 nitrogen and oxygen atoms in total. The summed E-state index contributed by atoms with van der Waals surface area (Å²) in [6.45, 7) is 2.97. The van der Waals surface area contributed by atoms with Crippen LogP contribution in [0.15, 0.2) is 18.2 Å². The maximum Gasteiger partial charge on any atom is 0.255 e. The van der Waals surface area contributed by atoms with E-state index in [-0.39, 0.29) is 18.2 Å². The Labute approximate surface area is 163 Å². The molecule has 4 N–H and O–H groups in total. The van der Waals surface area contributed by atoms with Gasteiger partial charge in [-0.05, 0) is 43.0 Å². The van der Waals surface area contributed by atoms with Gasteiger partial charge in [-0.3, -0.25) is 19.7 Å². The summed E-state index contributed by atoms with van der Waals surface area (Å²) in [5, 5.41) is 19.3. The van der Waals surface area contributed by atoms with Gasteiger partial charge < -0.3 is 20.6 Å². The molecule has 2 saturated heterocycles. The number of nitrogens with one attached hydrogen (secondary N) is 3. The van der Waals surface area contributed by atoms with Crippen molar-refractivity contribution in [2.75, 3.05) is 19.6 Å². The Morgan fingerprint density at radius 1 is 1.29 bits per heavy atom. The van der Waals surface area contributed by atoms with Crippen LogP contribution in [0.2, 0.25) is 0 Å². The van der Waals surface area contributed by atoms with Crippen LogP contribution in [0, 0.1) is 0 Å². The Bertz CT molecular complexity index is 803. The van der Waals surface area contributed by atoms with Crippen molar-refractivity contribution in [3.8, 4) is 0 Å². The van der Waals surface area contributed by atoms with Crippen LogP contribution in [0.25, 0.3) is 0 Å². The number of benzene rings is 1. The summed E-state index contributed by atoms with van der Waals surface area (Å²) in [7, 11) is 0. The number of rotatable bonds is 5. The third kappa shape index (κ3) is 3.80. The first-order valence-corrected chi connectivity index (χ1v) is 9.85. The molecule has 8 heteroatoms. The number of amides is 3. The second-order valence-electron chi connectivity index (χ2n) is 8.00. The highest BCUT2D eigenvalue weighted by atomic mass is 16.3. The topological polar surface area (TPSA) is 111 Å². The molecule has 1 aromatic carbocycles. The third-order valence-electron chi connectivity index (χ3n) is 5.83. The fourth-order valence-corrected chi connectivity index (χ4v) is 4.25. The first-order chi connectivity index (χ1) is 13.5. The van der Waals surface area contributed by atoms with Gasteiger partial charge in [0.2, 0.25) is 11.8 Å². The Kier molecular flexibility index (Phi) is 5.18. The van der Waals surface area contributed by atoms with Crippen LogP contribution in [0.1, 0.15) is 47.2 Å².